The summed E-state index contributed by atoms with van der Waals surface area (Å²) < 4.78 is 5.89. The quantitative estimate of drug-likeness (QED) is 0.474. The van der Waals surface area contributed by atoms with Gasteiger partial charge in [-0.15, -0.1) is 0 Å². The fourth-order valence-corrected chi connectivity index (χ4v) is 6.86. The standard InChI is InChI=1S/C17H27ClOSi/c1-2-3-4-11-20-12-9-15(10-13-20)14-19-17-7-5-16(18)6-8-17/h5-8,15,20H,2-4,9-14H2,1H3. The van der Waals surface area contributed by atoms with Gasteiger partial charge >= 0.3 is 0 Å². The van der Waals surface area contributed by atoms with E-state index in [1.807, 2.05) is 24.3 Å². The Balaban J connectivity index is 1.63. The molecule has 0 unspecified atom stereocenters. The van der Waals surface area contributed by atoms with E-state index in [1.54, 1.807) is 18.1 Å². The average molecular weight is 311 g/mol. The second kappa shape index (κ2) is 8.73. The molecule has 3 heteroatoms. The van der Waals surface area contributed by atoms with Gasteiger partial charge in [0.25, 0.3) is 0 Å². The van der Waals surface area contributed by atoms with Crippen molar-refractivity contribution >= 4 is 20.4 Å². The van der Waals surface area contributed by atoms with Crippen molar-refractivity contribution in [2.24, 2.45) is 5.92 Å². The maximum atomic E-state index is 5.89. The summed E-state index contributed by atoms with van der Waals surface area (Å²) in [7, 11) is -0.375. The SMILES string of the molecule is CCCCC[SiH]1CCC(COc2ccc(Cl)cc2)CC1. The number of benzene rings is 1. The molecule has 0 spiro atoms. The van der Waals surface area contributed by atoms with Crippen LogP contribution < -0.4 is 4.74 Å². The van der Waals surface area contributed by atoms with Crippen LogP contribution in [-0.2, 0) is 0 Å². The molecule has 1 aromatic carbocycles. The molecule has 20 heavy (non-hydrogen) atoms. The normalized spacial score (nSPS) is 22.7. The van der Waals surface area contributed by atoms with E-state index in [4.69, 9.17) is 16.3 Å². The third-order valence-corrected chi connectivity index (χ3v) is 8.26. The van der Waals surface area contributed by atoms with E-state index in [9.17, 15) is 0 Å². The molecule has 0 saturated carbocycles. The molecule has 0 atom stereocenters. The largest absolute Gasteiger partial charge is 0.493 e. The molecule has 2 rings (SSSR count). The number of ether oxygens (including phenoxy) is 1. The summed E-state index contributed by atoms with van der Waals surface area (Å²) in [4.78, 5) is 0. The summed E-state index contributed by atoms with van der Waals surface area (Å²) in [6.07, 6.45) is 7.08. The van der Waals surface area contributed by atoms with Crippen molar-refractivity contribution in [3.63, 3.8) is 0 Å². The minimum atomic E-state index is -0.375. The van der Waals surface area contributed by atoms with Crippen LogP contribution in [0, 0.1) is 5.92 Å². The second-order valence-electron chi connectivity index (χ2n) is 6.15. The van der Waals surface area contributed by atoms with Crippen LogP contribution in [0.1, 0.15) is 39.0 Å². The van der Waals surface area contributed by atoms with Crippen molar-refractivity contribution in [2.75, 3.05) is 6.61 Å². The summed E-state index contributed by atoms with van der Waals surface area (Å²) >= 11 is 5.88. The number of hydrogen-bond donors (Lipinski definition) is 0. The molecule has 0 amide bonds. The summed E-state index contributed by atoms with van der Waals surface area (Å²) in [6, 6.07) is 12.4. The van der Waals surface area contributed by atoms with E-state index >= 15 is 0 Å². The third kappa shape index (κ3) is 5.49. The molecule has 1 aromatic rings. The number of halogens is 1. The van der Waals surface area contributed by atoms with Gasteiger partial charge in [-0.05, 0) is 43.0 Å². The van der Waals surface area contributed by atoms with Gasteiger partial charge in [0.2, 0.25) is 0 Å². The van der Waals surface area contributed by atoms with Crippen LogP contribution >= 0.6 is 11.6 Å². The lowest BCUT2D eigenvalue weighted by Gasteiger charge is -2.27. The van der Waals surface area contributed by atoms with Gasteiger partial charge in [-0.25, -0.2) is 0 Å². The van der Waals surface area contributed by atoms with Crippen molar-refractivity contribution in [1.82, 2.24) is 0 Å². The molecule has 1 saturated heterocycles. The Morgan fingerprint density at radius 3 is 2.50 bits per heavy atom. The van der Waals surface area contributed by atoms with E-state index < -0.39 is 0 Å². The Labute approximate surface area is 130 Å². The summed E-state index contributed by atoms with van der Waals surface area (Å²) in [5.41, 5.74) is 0. The van der Waals surface area contributed by atoms with Crippen LogP contribution in [0.15, 0.2) is 24.3 Å². The van der Waals surface area contributed by atoms with Crippen LogP contribution in [0.2, 0.25) is 23.2 Å². The van der Waals surface area contributed by atoms with E-state index in [0.29, 0.717) is 0 Å². The highest BCUT2D eigenvalue weighted by Gasteiger charge is 2.22. The van der Waals surface area contributed by atoms with Gasteiger partial charge in [-0.1, -0.05) is 55.9 Å². The zero-order valence-electron chi connectivity index (χ0n) is 12.6. The lowest BCUT2D eigenvalue weighted by atomic mass is 10.0. The Hall–Kier alpha value is -0.473. The second-order valence-corrected chi connectivity index (χ2v) is 10.0. The fraction of sp³-hybridized carbons (Fsp3) is 0.647. The molecular formula is C17H27ClOSi. The van der Waals surface area contributed by atoms with E-state index in [1.165, 1.54) is 32.1 Å². The zero-order valence-corrected chi connectivity index (χ0v) is 14.5. The molecule has 0 bridgehead atoms. The van der Waals surface area contributed by atoms with E-state index in [2.05, 4.69) is 6.92 Å². The number of rotatable bonds is 7. The van der Waals surface area contributed by atoms with Gasteiger partial charge in [0, 0.05) is 13.8 Å². The van der Waals surface area contributed by atoms with Crippen LogP contribution in [0.3, 0.4) is 0 Å². The van der Waals surface area contributed by atoms with E-state index in [-0.39, 0.29) is 8.80 Å². The number of hydrogen-bond acceptors (Lipinski definition) is 1. The molecule has 1 nitrogen and oxygen atoms in total. The topological polar surface area (TPSA) is 9.23 Å². The third-order valence-electron chi connectivity index (χ3n) is 4.48. The van der Waals surface area contributed by atoms with Crippen molar-refractivity contribution in [2.45, 2.75) is 57.2 Å². The molecule has 0 aromatic heterocycles. The van der Waals surface area contributed by atoms with Crippen molar-refractivity contribution in [3.8, 4) is 5.75 Å². The van der Waals surface area contributed by atoms with Gasteiger partial charge in [0.1, 0.15) is 5.75 Å². The minimum absolute atomic E-state index is 0.375. The molecule has 0 N–H and O–H groups in total. The summed E-state index contributed by atoms with van der Waals surface area (Å²) in [5, 5.41) is 0.774. The molecular weight excluding hydrogens is 284 g/mol. The van der Waals surface area contributed by atoms with Crippen LogP contribution in [0.5, 0.6) is 5.75 Å². The van der Waals surface area contributed by atoms with Gasteiger partial charge in [-0.3, -0.25) is 0 Å². The molecule has 1 heterocycles. The highest BCUT2D eigenvalue weighted by atomic mass is 35.5. The maximum Gasteiger partial charge on any atom is 0.119 e. The lowest BCUT2D eigenvalue weighted by Crippen LogP contribution is -2.24. The predicted octanol–water partition coefficient (Wildman–Crippen LogP) is 5.55. The molecule has 0 aliphatic carbocycles. The average Bonchev–Trinajstić information content (AvgIpc) is 2.48. The Bertz CT molecular complexity index is 371. The van der Waals surface area contributed by atoms with Crippen LogP contribution in [0.25, 0.3) is 0 Å². The fourth-order valence-electron chi connectivity index (χ4n) is 3.11. The Kier molecular flexibility index (Phi) is 6.95. The van der Waals surface area contributed by atoms with E-state index in [0.717, 1.165) is 23.3 Å². The highest BCUT2D eigenvalue weighted by Crippen LogP contribution is 2.29. The Morgan fingerprint density at radius 2 is 1.85 bits per heavy atom. The summed E-state index contributed by atoms with van der Waals surface area (Å²) in [5.74, 6) is 1.73. The first kappa shape index (κ1) is 15.9. The Morgan fingerprint density at radius 1 is 1.15 bits per heavy atom. The molecule has 0 radical (unpaired) electrons. The highest BCUT2D eigenvalue weighted by molar-refractivity contribution is 6.58. The van der Waals surface area contributed by atoms with Crippen LogP contribution in [0.4, 0.5) is 0 Å². The first-order valence-corrected chi connectivity index (χ1v) is 11.0. The monoisotopic (exact) mass is 310 g/mol. The number of unbranched alkanes of at least 4 members (excludes halogenated alkanes) is 2. The molecule has 1 aliphatic heterocycles. The molecule has 112 valence electrons. The predicted molar refractivity (Wildman–Crippen MR) is 90.8 cm³/mol. The van der Waals surface area contributed by atoms with Gasteiger partial charge in [0.15, 0.2) is 0 Å². The van der Waals surface area contributed by atoms with Crippen LogP contribution in [-0.4, -0.2) is 15.4 Å². The van der Waals surface area contributed by atoms with Crippen molar-refractivity contribution in [3.05, 3.63) is 29.3 Å². The molecule has 1 aliphatic rings. The maximum absolute atomic E-state index is 5.89. The molecule has 1 fully saturated rings. The first-order valence-electron chi connectivity index (χ1n) is 8.16. The summed E-state index contributed by atoms with van der Waals surface area (Å²) in [6.45, 7) is 3.18. The zero-order chi connectivity index (χ0) is 14.2. The lowest BCUT2D eigenvalue weighted by molar-refractivity contribution is 0.236. The van der Waals surface area contributed by atoms with Gasteiger partial charge < -0.3 is 4.74 Å². The van der Waals surface area contributed by atoms with Crippen molar-refractivity contribution < 1.29 is 4.74 Å². The van der Waals surface area contributed by atoms with Gasteiger partial charge in [-0.2, -0.15) is 0 Å². The smallest absolute Gasteiger partial charge is 0.119 e. The first-order chi connectivity index (χ1) is 9.78. The van der Waals surface area contributed by atoms with Crippen molar-refractivity contribution in [1.29, 1.82) is 0 Å². The van der Waals surface area contributed by atoms with Gasteiger partial charge in [0.05, 0.1) is 6.61 Å². The minimum Gasteiger partial charge on any atom is -0.493 e.